The number of sulfonamides is 1. The Morgan fingerprint density at radius 1 is 1.00 bits per heavy atom. The molecule has 2 aromatic rings. The molecule has 0 saturated carbocycles. The van der Waals surface area contributed by atoms with Crippen molar-refractivity contribution < 1.29 is 23.1 Å². The highest BCUT2D eigenvalue weighted by molar-refractivity contribution is 7.89. The van der Waals surface area contributed by atoms with E-state index in [1.807, 2.05) is 0 Å². The van der Waals surface area contributed by atoms with Gasteiger partial charge in [0.15, 0.2) is 6.61 Å². The molecule has 0 unspecified atom stereocenters. The fourth-order valence-electron chi connectivity index (χ4n) is 2.43. The molecule has 0 fully saturated rings. The van der Waals surface area contributed by atoms with E-state index in [2.05, 4.69) is 10.6 Å². The van der Waals surface area contributed by atoms with Crippen LogP contribution in [-0.4, -0.2) is 33.4 Å². The van der Waals surface area contributed by atoms with Crippen LogP contribution in [0.1, 0.15) is 17.2 Å². The number of primary sulfonamides is 1. The van der Waals surface area contributed by atoms with Crippen molar-refractivity contribution >= 4 is 21.8 Å². The Hall–Kier alpha value is -2.75. The SMILES string of the molecule is NS(=O)(=O)c1ccc(CCNC(=O)[C@H](NC(=O)C[O])c2ccccc2)cc1. The van der Waals surface area contributed by atoms with Crippen molar-refractivity contribution in [2.24, 2.45) is 5.14 Å². The molecule has 1 radical (unpaired) electrons. The zero-order valence-corrected chi connectivity index (χ0v) is 15.2. The summed E-state index contributed by atoms with van der Waals surface area (Å²) in [5.41, 5.74) is 1.37. The minimum atomic E-state index is -3.74. The smallest absolute Gasteiger partial charge is 0.250 e. The Kier molecular flexibility index (Phi) is 7.05. The molecular formula is C18H20N3O5S. The molecule has 0 aromatic heterocycles. The van der Waals surface area contributed by atoms with E-state index in [0.29, 0.717) is 12.0 Å². The number of hydrogen-bond donors (Lipinski definition) is 3. The van der Waals surface area contributed by atoms with E-state index in [1.54, 1.807) is 42.5 Å². The van der Waals surface area contributed by atoms with E-state index in [-0.39, 0.29) is 11.4 Å². The Balaban J connectivity index is 1.98. The lowest BCUT2D eigenvalue weighted by Crippen LogP contribution is -2.41. The molecule has 0 bridgehead atoms. The summed E-state index contributed by atoms with van der Waals surface area (Å²) in [5, 5.41) is 20.9. The van der Waals surface area contributed by atoms with Crippen molar-refractivity contribution in [3.8, 4) is 0 Å². The van der Waals surface area contributed by atoms with Gasteiger partial charge in [-0.3, -0.25) is 9.59 Å². The monoisotopic (exact) mass is 390 g/mol. The summed E-state index contributed by atoms with van der Waals surface area (Å²) >= 11 is 0. The highest BCUT2D eigenvalue weighted by Crippen LogP contribution is 2.13. The molecule has 27 heavy (non-hydrogen) atoms. The van der Waals surface area contributed by atoms with Crippen molar-refractivity contribution in [3.63, 3.8) is 0 Å². The summed E-state index contributed by atoms with van der Waals surface area (Å²) in [4.78, 5) is 23.9. The highest BCUT2D eigenvalue weighted by atomic mass is 32.2. The molecule has 0 spiro atoms. The highest BCUT2D eigenvalue weighted by Gasteiger charge is 2.22. The molecular weight excluding hydrogens is 370 g/mol. The van der Waals surface area contributed by atoms with Gasteiger partial charge in [-0.15, -0.1) is 0 Å². The molecule has 0 aliphatic heterocycles. The van der Waals surface area contributed by atoms with Crippen LogP contribution in [-0.2, 0) is 31.1 Å². The zero-order valence-electron chi connectivity index (χ0n) is 14.4. The number of amides is 2. The Labute approximate surface area is 157 Å². The average Bonchev–Trinajstić information content (AvgIpc) is 2.66. The van der Waals surface area contributed by atoms with Crippen LogP contribution in [0, 0.1) is 0 Å². The Morgan fingerprint density at radius 3 is 2.19 bits per heavy atom. The molecule has 8 nitrogen and oxygen atoms in total. The number of nitrogens with two attached hydrogens (primary N) is 1. The maximum atomic E-state index is 12.4. The van der Waals surface area contributed by atoms with Gasteiger partial charge in [0.2, 0.25) is 21.8 Å². The molecule has 0 saturated heterocycles. The van der Waals surface area contributed by atoms with E-state index in [1.165, 1.54) is 12.1 Å². The van der Waals surface area contributed by atoms with E-state index in [9.17, 15) is 23.1 Å². The summed E-state index contributed by atoms with van der Waals surface area (Å²) in [6.07, 6.45) is 0.452. The third-order valence-corrected chi connectivity index (χ3v) is 4.73. The zero-order chi connectivity index (χ0) is 19.9. The number of carbonyl (C=O) groups excluding carboxylic acids is 2. The molecule has 2 rings (SSSR count). The number of rotatable bonds is 8. The fourth-order valence-corrected chi connectivity index (χ4v) is 2.94. The van der Waals surface area contributed by atoms with Crippen molar-refractivity contribution in [2.75, 3.05) is 13.2 Å². The van der Waals surface area contributed by atoms with Crippen molar-refractivity contribution in [1.29, 1.82) is 0 Å². The minimum Gasteiger partial charge on any atom is -0.354 e. The van der Waals surface area contributed by atoms with Crippen LogP contribution in [0.2, 0.25) is 0 Å². The maximum Gasteiger partial charge on any atom is 0.250 e. The van der Waals surface area contributed by atoms with Crippen LogP contribution in [0.15, 0.2) is 59.5 Å². The normalized spacial score (nSPS) is 12.2. The van der Waals surface area contributed by atoms with Crippen LogP contribution in [0.25, 0.3) is 0 Å². The van der Waals surface area contributed by atoms with Gasteiger partial charge in [-0.1, -0.05) is 42.5 Å². The number of nitrogens with one attached hydrogen (secondary N) is 2. The predicted molar refractivity (Wildman–Crippen MR) is 97.4 cm³/mol. The summed E-state index contributed by atoms with van der Waals surface area (Å²) in [6, 6.07) is 13.7. The lowest BCUT2D eigenvalue weighted by molar-refractivity contribution is -0.131. The van der Waals surface area contributed by atoms with Crippen molar-refractivity contribution in [2.45, 2.75) is 17.4 Å². The van der Waals surface area contributed by atoms with Gasteiger partial charge in [0.1, 0.15) is 6.04 Å². The third-order valence-electron chi connectivity index (χ3n) is 3.80. The lowest BCUT2D eigenvalue weighted by Gasteiger charge is -2.18. The molecule has 9 heteroatoms. The number of benzene rings is 2. The van der Waals surface area contributed by atoms with Crippen LogP contribution in [0.4, 0.5) is 0 Å². The van der Waals surface area contributed by atoms with Crippen LogP contribution in [0.5, 0.6) is 0 Å². The van der Waals surface area contributed by atoms with Crippen molar-refractivity contribution in [1.82, 2.24) is 10.6 Å². The second-order valence-electron chi connectivity index (χ2n) is 5.79. The van der Waals surface area contributed by atoms with E-state index < -0.39 is 34.5 Å². The van der Waals surface area contributed by atoms with Gasteiger partial charge in [0, 0.05) is 6.54 Å². The molecule has 0 aliphatic carbocycles. The van der Waals surface area contributed by atoms with Crippen LogP contribution < -0.4 is 15.8 Å². The van der Waals surface area contributed by atoms with E-state index in [4.69, 9.17) is 5.14 Å². The van der Waals surface area contributed by atoms with Crippen LogP contribution >= 0.6 is 0 Å². The first kappa shape index (κ1) is 20.6. The minimum absolute atomic E-state index is 0.0137. The standard InChI is InChI=1S/C18H20N3O5S/c19-27(25,26)15-8-6-13(7-9-15)10-11-20-18(24)17(21-16(23)12-22)14-4-2-1-3-5-14/h1-9,17H,10-12H2,(H,20,24)(H,21,23)(H2,19,25,26)/t17-/m1/s1. The maximum absolute atomic E-state index is 12.4. The second kappa shape index (κ2) is 9.26. The largest absolute Gasteiger partial charge is 0.354 e. The second-order valence-corrected chi connectivity index (χ2v) is 7.35. The fraction of sp³-hybridized carbons (Fsp3) is 0.222. The van der Waals surface area contributed by atoms with E-state index >= 15 is 0 Å². The third kappa shape index (κ3) is 6.17. The van der Waals surface area contributed by atoms with E-state index in [0.717, 1.165) is 5.56 Å². The number of carbonyl (C=O) groups is 2. The van der Waals surface area contributed by atoms with Gasteiger partial charge < -0.3 is 10.6 Å². The molecule has 2 aromatic carbocycles. The number of hydrogen-bond acceptors (Lipinski definition) is 4. The van der Waals surface area contributed by atoms with Gasteiger partial charge in [-0.05, 0) is 29.7 Å². The summed E-state index contributed by atoms with van der Waals surface area (Å²) in [6.45, 7) is -0.697. The molecule has 0 heterocycles. The first-order chi connectivity index (χ1) is 12.8. The summed E-state index contributed by atoms with van der Waals surface area (Å²) < 4.78 is 22.5. The molecule has 143 valence electrons. The summed E-state index contributed by atoms with van der Waals surface area (Å²) in [5.74, 6) is -1.21. The molecule has 0 aliphatic rings. The molecule has 4 N–H and O–H groups in total. The first-order valence-electron chi connectivity index (χ1n) is 8.13. The average molecular weight is 390 g/mol. The topological polar surface area (TPSA) is 138 Å². The van der Waals surface area contributed by atoms with Crippen molar-refractivity contribution in [3.05, 3.63) is 65.7 Å². The van der Waals surface area contributed by atoms with Gasteiger partial charge >= 0.3 is 0 Å². The van der Waals surface area contributed by atoms with Crippen LogP contribution in [0.3, 0.4) is 0 Å². The summed E-state index contributed by atoms with van der Waals surface area (Å²) in [7, 11) is -3.74. The quantitative estimate of drug-likeness (QED) is 0.596. The predicted octanol–water partition coefficient (Wildman–Crippen LogP) is 0.281. The molecule has 2 amide bonds. The van der Waals surface area contributed by atoms with Gasteiger partial charge in [0.05, 0.1) is 4.90 Å². The van der Waals surface area contributed by atoms with Gasteiger partial charge in [0.25, 0.3) is 0 Å². The van der Waals surface area contributed by atoms with Gasteiger partial charge in [-0.2, -0.15) is 0 Å². The lowest BCUT2D eigenvalue weighted by atomic mass is 10.1. The first-order valence-corrected chi connectivity index (χ1v) is 9.68. The van der Waals surface area contributed by atoms with Gasteiger partial charge in [-0.25, -0.2) is 18.7 Å². The Morgan fingerprint density at radius 2 is 1.63 bits per heavy atom. The molecule has 1 atom stereocenters. The Bertz CT molecular complexity index is 883.